The lowest BCUT2D eigenvalue weighted by molar-refractivity contribution is -0.165. The Morgan fingerprint density at radius 2 is 1.67 bits per heavy atom. The maximum Gasteiger partial charge on any atom is 0.335 e. The number of carbonyl (C=O) groups is 2. The number of carboxylic acids is 1. The number of methoxy groups -OCH3 is 2. The Bertz CT molecular complexity index is 585. The molecule has 132 valence electrons. The lowest BCUT2D eigenvalue weighted by Crippen LogP contribution is -2.50. The molecule has 1 heterocycles. The summed E-state index contributed by atoms with van der Waals surface area (Å²) in [4.78, 5) is 24.9. The van der Waals surface area contributed by atoms with Crippen LogP contribution in [0.2, 0.25) is 0 Å². The van der Waals surface area contributed by atoms with E-state index >= 15 is 0 Å². The number of carboxylic acid groups (broad SMARTS) is 1. The van der Waals surface area contributed by atoms with Gasteiger partial charge < -0.3 is 24.6 Å². The van der Waals surface area contributed by atoms with Crippen LogP contribution >= 0.6 is 0 Å². The number of likely N-dealkylation sites (tertiary alicyclic amines) is 1. The Labute approximate surface area is 140 Å². The summed E-state index contributed by atoms with van der Waals surface area (Å²) in [7, 11) is 3.14. The summed E-state index contributed by atoms with van der Waals surface area (Å²) in [6.45, 7) is 0.506. The highest BCUT2D eigenvalue weighted by atomic mass is 16.5. The van der Waals surface area contributed by atoms with E-state index in [1.807, 2.05) is 12.1 Å². The summed E-state index contributed by atoms with van der Waals surface area (Å²) in [5, 5.41) is 18.9. The molecule has 1 aliphatic rings. The van der Waals surface area contributed by atoms with Crippen molar-refractivity contribution in [2.24, 2.45) is 0 Å². The van der Waals surface area contributed by atoms with Gasteiger partial charge in [0, 0.05) is 38.4 Å². The fraction of sp³-hybridized carbons (Fsp3) is 0.529. The van der Waals surface area contributed by atoms with Crippen molar-refractivity contribution in [1.82, 2.24) is 4.90 Å². The van der Waals surface area contributed by atoms with Crippen molar-refractivity contribution >= 4 is 11.9 Å². The maximum absolute atomic E-state index is 12.3. The number of ether oxygens (including phenoxy) is 2. The first-order valence-electron chi connectivity index (χ1n) is 7.83. The van der Waals surface area contributed by atoms with Gasteiger partial charge in [-0.3, -0.25) is 4.79 Å². The largest absolute Gasteiger partial charge is 0.497 e. The first-order chi connectivity index (χ1) is 11.4. The van der Waals surface area contributed by atoms with Crippen LogP contribution in [-0.4, -0.2) is 59.9 Å². The van der Waals surface area contributed by atoms with Crippen LogP contribution in [0, 0.1) is 0 Å². The molecule has 0 saturated carbocycles. The summed E-state index contributed by atoms with van der Waals surface area (Å²) in [5.41, 5.74) is -0.782. The Morgan fingerprint density at radius 1 is 1.12 bits per heavy atom. The molecule has 1 aromatic rings. The van der Waals surface area contributed by atoms with Crippen LogP contribution in [0.15, 0.2) is 18.2 Å². The molecule has 24 heavy (non-hydrogen) atoms. The van der Waals surface area contributed by atoms with Crippen molar-refractivity contribution < 1.29 is 29.3 Å². The molecule has 0 bridgehead atoms. The first-order valence-corrected chi connectivity index (χ1v) is 7.83. The van der Waals surface area contributed by atoms with Gasteiger partial charge in [-0.25, -0.2) is 4.79 Å². The minimum atomic E-state index is -1.71. The summed E-state index contributed by atoms with van der Waals surface area (Å²) in [6, 6.07) is 5.48. The third-order valence-corrected chi connectivity index (χ3v) is 4.38. The number of rotatable bonds is 6. The van der Waals surface area contributed by atoms with E-state index in [0.717, 1.165) is 5.56 Å². The molecule has 0 aliphatic carbocycles. The molecule has 1 aliphatic heterocycles. The van der Waals surface area contributed by atoms with Crippen molar-refractivity contribution in [2.75, 3.05) is 27.3 Å². The van der Waals surface area contributed by atoms with Gasteiger partial charge in [0.25, 0.3) is 0 Å². The summed E-state index contributed by atoms with van der Waals surface area (Å²) < 4.78 is 10.4. The van der Waals surface area contributed by atoms with Gasteiger partial charge in [0.2, 0.25) is 5.91 Å². The average molecular weight is 337 g/mol. The van der Waals surface area contributed by atoms with Gasteiger partial charge in [-0.15, -0.1) is 0 Å². The zero-order valence-electron chi connectivity index (χ0n) is 13.9. The van der Waals surface area contributed by atoms with Gasteiger partial charge in [-0.05, 0) is 24.1 Å². The Hall–Kier alpha value is -2.28. The summed E-state index contributed by atoms with van der Waals surface area (Å²) in [6.07, 6.45) is 0.954. The summed E-state index contributed by atoms with van der Waals surface area (Å²) >= 11 is 0. The number of aliphatic hydroxyl groups is 1. The molecule has 0 atom stereocenters. The van der Waals surface area contributed by atoms with E-state index in [9.17, 15) is 14.7 Å². The predicted octanol–water partition coefficient (Wildman–Crippen LogP) is 1.07. The minimum Gasteiger partial charge on any atom is -0.497 e. The standard InChI is InChI=1S/C17H23NO6/c1-23-13-9-12(10-14(11-13)24-2)3-4-15(19)18-7-5-17(22,6-8-18)16(20)21/h9-11,22H,3-8H2,1-2H3,(H,20,21). The van der Waals surface area contributed by atoms with E-state index in [1.54, 1.807) is 25.2 Å². The second kappa shape index (κ2) is 7.53. The van der Waals surface area contributed by atoms with E-state index < -0.39 is 11.6 Å². The van der Waals surface area contributed by atoms with E-state index in [1.165, 1.54) is 0 Å². The van der Waals surface area contributed by atoms with Gasteiger partial charge in [0.15, 0.2) is 5.60 Å². The molecule has 1 aromatic carbocycles. The predicted molar refractivity (Wildman–Crippen MR) is 86.3 cm³/mol. The molecule has 0 radical (unpaired) electrons. The number of benzene rings is 1. The van der Waals surface area contributed by atoms with Crippen molar-refractivity contribution in [3.63, 3.8) is 0 Å². The van der Waals surface area contributed by atoms with E-state index in [2.05, 4.69) is 0 Å². The molecule has 1 saturated heterocycles. The molecule has 0 unspecified atom stereocenters. The van der Waals surface area contributed by atoms with E-state index in [-0.39, 0.29) is 31.8 Å². The van der Waals surface area contributed by atoms with Crippen molar-refractivity contribution in [2.45, 2.75) is 31.3 Å². The molecule has 0 spiro atoms. The van der Waals surface area contributed by atoms with Gasteiger partial charge in [-0.1, -0.05) is 0 Å². The lowest BCUT2D eigenvalue weighted by Gasteiger charge is -2.35. The number of nitrogens with zero attached hydrogens (tertiary/aromatic N) is 1. The van der Waals surface area contributed by atoms with Gasteiger partial charge in [0.1, 0.15) is 11.5 Å². The van der Waals surface area contributed by atoms with Gasteiger partial charge >= 0.3 is 5.97 Å². The molecule has 1 amide bonds. The number of carbonyl (C=O) groups excluding carboxylic acids is 1. The Kier molecular flexibility index (Phi) is 5.66. The molecule has 0 aromatic heterocycles. The molecular formula is C17H23NO6. The molecule has 2 rings (SSSR count). The highest BCUT2D eigenvalue weighted by Gasteiger charge is 2.40. The quantitative estimate of drug-likeness (QED) is 0.806. The van der Waals surface area contributed by atoms with E-state index in [4.69, 9.17) is 14.6 Å². The number of hydrogen-bond donors (Lipinski definition) is 2. The fourth-order valence-electron chi connectivity index (χ4n) is 2.76. The second-order valence-corrected chi connectivity index (χ2v) is 5.94. The highest BCUT2D eigenvalue weighted by Crippen LogP contribution is 2.25. The smallest absolute Gasteiger partial charge is 0.335 e. The van der Waals surface area contributed by atoms with Crippen LogP contribution < -0.4 is 9.47 Å². The Morgan fingerprint density at radius 3 is 2.12 bits per heavy atom. The molecule has 1 fully saturated rings. The van der Waals surface area contributed by atoms with Gasteiger partial charge in [-0.2, -0.15) is 0 Å². The zero-order valence-corrected chi connectivity index (χ0v) is 13.9. The molecule has 7 heteroatoms. The number of aliphatic carboxylic acids is 1. The van der Waals surface area contributed by atoms with Crippen LogP contribution in [0.3, 0.4) is 0 Å². The van der Waals surface area contributed by atoms with Crippen LogP contribution in [-0.2, 0) is 16.0 Å². The zero-order chi connectivity index (χ0) is 17.7. The number of aryl methyl sites for hydroxylation is 1. The number of piperidine rings is 1. The van der Waals surface area contributed by atoms with Crippen LogP contribution in [0.1, 0.15) is 24.8 Å². The third kappa shape index (κ3) is 4.17. The fourth-order valence-corrected chi connectivity index (χ4v) is 2.76. The minimum absolute atomic E-state index is 0.0516. The van der Waals surface area contributed by atoms with Crippen molar-refractivity contribution in [3.05, 3.63) is 23.8 Å². The topological polar surface area (TPSA) is 96.3 Å². The highest BCUT2D eigenvalue weighted by molar-refractivity contribution is 5.79. The third-order valence-electron chi connectivity index (χ3n) is 4.38. The molecular weight excluding hydrogens is 314 g/mol. The normalized spacial score (nSPS) is 16.5. The first kappa shape index (κ1) is 18.1. The van der Waals surface area contributed by atoms with Crippen molar-refractivity contribution in [3.8, 4) is 11.5 Å². The van der Waals surface area contributed by atoms with Crippen LogP contribution in [0.25, 0.3) is 0 Å². The van der Waals surface area contributed by atoms with E-state index in [0.29, 0.717) is 24.3 Å². The van der Waals surface area contributed by atoms with Crippen molar-refractivity contribution in [1.29, 1.82) is 0 Å². The van der Waals surface area contributed by atoms with Gasteiger partial charge in [0.05, 0.1) is 14.2 Å². The maximum atomic E-state index is 12.3. The SMILES string of the molecule is COc1cc(CCC(=O)N2CCC(O)(C(=O)O)CC2)cc(OC)c1. The van der Waals surface area contributed by atoms with Crippen LogP contribution in [0.5, 0.6) is 11.5 Å². The average Bonchev–Trinajstić information content (AvgIpc) is 2.59. The number of hydrogen-bond acceptors (Lipinski definition) is 5. The Balaban J connectivity index is 1.91. The molecule has 2 N–H and O–H groups in total. The number of amides is 1. The molecule has 7 nitrogen and oxygen atoms in total. The monoisotopic (exact) mass is 337 g/mol. The second-order valence-electron chi connectivity index (χ2n) is 5.94. The lowest BCUT2D eigenvalue weighted by atomic mass is 9.91. The van der Waals surface area contributed by atoms with Crippen LogP contribution in [0.4, 0.5) is 0 Å². The summed E-state index contributed by atoms with van der Waals surface area (Å²) in [5.74, 6) is 0.0601.